The van der Waals surface area contributed by atoms with E-state index in [1.54, 1.807) is 33.1 Å². The lowest BCUT2D eigenvalue weighted by atomic mass is 9.72. The number of nitrogens with zero attached hydrogens (tertiary/aromatic N) is 1. The van der Waals surface area contributed by atoms with E-state index in [1.165, 1.54) is 4.90 Å². The first-order valence-electron chi connectivity index (χ1n) is 11.8. The van der Waals surface area contributed by atoms with Gasteiger partial charge in [0.15, 0.2) is 0 Å². The lowest BCUT2D eigenvalue weighted by molar-refractivity contribution is -0.144. The molecule has 0 radical (unpaired) electrons. The second kappa shape index (κ2) is 10.9. The van der Waals surface area contributed by atoms with Gasteiger partial charge in [-0.05, 0) is 37.0 Å². The van der Waals surface area contributed by atoms with E-state index < -0.39 is 35.5 Å². The number of rotatable bonds is 7. The van der Waals surface area contributed by atoms with Crippen molar-refractivity contribution in [1.29, 1.82) is 0 Å². The molecule has 0 bridgehead atoms. The summed E-state index contributed by atoms with van der Waals surface area (Å²) in [6.45, 7) is 9.93. The maximum Gasteiger partial charge on any atom is 0.411 e. The van der Waals surface area contributed by atoms with Crippen molar-refractivity contribution in [3.05, 3.63) is 64.7 Å². The first-order valence-corrected chi connectivity index (χ1v) is 12.2. The molecule has 1 heterocycles. The fourth-order valence-electron chi connectivity index (χ4n) is 5.04. The number of likely N-dealkylation sites (tertiary alicyclic amines) is 1. The first-order chi connectivity index (χ1) is 16.5. The molecule has 0 saturated carbocycles. The predicted molar refractivity (Wildman–Crippen MR) is 136 cm³/mol. The summed E-state index contributed by atoms with van der Waals surface area (Å²) >= 11 is 6.13. The zero-order chi connectivity index (χ0) is 25.9. The largest absolute Gasteiger partial charge is 0.496 e. The molecule has 3 rings (SSSR count). The Balaban J connectivity index is 2.12. The van der Waals surface area contributed by atoms with Crippen LogP contribution in [0.4, 0.5) is 4.79 Å². The molecule has 1 aliphatic rings. The van der Waals surface area contributed by atoms with Crippen molar-refractivity contribution >= 4 is 23.7 Å². The van der Waals surface area contributed by atoms with Gasteiger partial charge >= 0.3 is 12.1 Å². The van der Waals surface area contributed by atoms with E-state index >= 15 is 0 Å². The molecule has 0 spiro atoms. The van der Waals surface area contributed by atoms with Crippen LogP contribution in [0.2, 0.25) is 5.02 Å². The smallest absolute Gasteiger partial charge is 0.411 e. The van der Waals surface area contributed by atoms with Crippen molar-refractivity contribution in [2.24, 2.45) is 11.3 Å². The number of carboxylic acid groups (broad SMARTS) is 1. The lowest BCUT2D eigenvalue weighted by Crippen LogP contribution is -2.48. The molecule has 2 aromatic carbocycles. The Hall–Kier alpha value is -2.77. The van der Waals surface area contributed by atoms with Crippen LogP contribution in [-0.2, 0) is 16.1 Å². The molecular formula is C27H35ClN2O5. The Bertz CT molecular complexity index is 1040. The summed E-state index contributed by atoms with van der Waals surface area (Å²) in [5.74, 6) is -0.833. The number of hydrogen-bond donors (Lipinski definition) is 2. The second-order valence-corrected chi connectivity index (χ2v) is 10.7. The Kier molecular flexibility index (Phi) is 8.34. The summed E-state index contributed by atoms with van der Waals surface area (Å²) in [5.41, 5.74) is 1.28. The molecule has 0 unspecified atom stereocenters. The van der Waals surface area contributed by atoms with Gasteiger partial charge in [-0.2, -0.15) is 0 Å². The van der Waals surface area contributed by atoms with Crippen molar-refractivity contribution in [3.63, 3.8) is 0 Å². The molecule has 1 amide bonds. The number of ether oxygens (including phenoxy) is 2. The minimum Gasteiger partial charge on any atom is -0.496 e. The fourth-order valence-corrected chi connectivity index (χ4v) is 5.20. The van der Waals surface area contributed by atoms with Crippen molar-refractivity contribution in [1.82, 2.24) is 10.2 Å². The predicted octanol–water partition coefficient (Wildman–Crippen LogP) is 5.52. The SMILES string of the molecule is COc1cc(Cl)ccc1CN[C@@H]1[C@@H](C(C)(C)C)[C@H](C(=O)O)N(C(=O)OC(C)C)[C@@H]1c1ccccc1. The number of halogens is 1. The Morgan fingerprint density at radius 1 is 1.14 bits per heavy atom. The van der Waals surface area contributed by atoms with E-state index in [9.17, 15) is 14.7 Å². The highest BCUT2D eigenvalue weighted by Gasteiger charge is 2.58. The van der Waals surface area contributed by atoms with Gasteiger partial charge in [-0.1, -0.05) is 68.8 Å². The zero-order valence-corrected chi connectivity index (χ0v) is 21.9. The van der Waals surface area contributed by atoms with Crippen LogP contribution in [0.1, 0.15) is 51.8 Å². The van der Waals surface area contributed by atoms with Gasteiger partial charge in [0.25, 0.3) is 0 Å². The number of benzene rings is 2. The third-order valence-corrected chi connectivity index (χ3v) is 6.62. The zero-order valence-electron chi connectivity index (χ0n) is 21.1. The van der Waals surface area contributed by atoms with E-state index in [4.69, 9.17) is 21.1 Å². The molecule has 8 heteroatoms. The van der Waals surface area contributed by atoms with Crippen LogP contribution in [0, 0.1) is 11.3 Å². The highest BCUT2D eigenvalue weighted by atomic mass is 35.5. The molecular weight excluding hydrogens is 468 g/mol. The van der Waals surface area contributed by atoms with Crippen molar-refractivity contribution in [2.75, 3.05) is 7.11 Å². The minimum atomic E-state index is -1.07. The van der Waals surface area contributed by atoms with E-state index in [-0.39, 0.29) is 12.1 Å². The fraction of sp³-hybridized carbons (Fsp3) is 0.481. The molecule has 2 N–H and O–H groups in total. The number of nitrogens with one attached hydrogen (secondary N) is 1. The number of carbonyl (C=O) groups is 2. The van der Waals surface area contributed by atoms with Gasteiger partial charge in [0.2, 0.25) is 0 Å². The molecule has 0 aromatic heterocycles. The van der Waals surface area contributed by atoms with Crippen molar-refractivity contribution < 1.29 is 24.2 Å². The molecule has 4 atom stereocenters. The molecule has 1 aliphatic heterocycles. The molecule has 7 nitrogen and oxygen atoms in total. The molecule has 35 heavy (non-hydrogen) atoms. The van der Waals surface area contributed by atoms with Crippen LogP contribution in [0.15, 0.2) is 48.5 Å². The number of aliphatic carboxylic acids is 1. The third kappa shape index (κ3) is 5.90. The van der Waals surface area contributed by atoms with Gasteiger partial charge < -0.3 is 19.9 Å². The number of carboxylic acids is 1. The minimum absolute atomic E-state index is 0.376. The maximum atomic E-state index is 13.4. The maximum absolute atomic E-state index is 13.4. The van der Waals surface area contributed by atoms with Gasteiger partial charge in [-0.15, -0.1) is 0 Å². The van der Waals surface area contributed by atoms with Gasteiger partial charge in [-0.3, -0.25) is 4.90 Å². The summed E-state index contributed by atoms with van der Waals surface area (Å²) in [6.07, 6.45) is -1.02. The van der Waals surface area contributed by atoms with Crippen LogP contribution >= 0.6 is 11.6 Å². The molecule has 2 aromatic rings. The van der Waals surface area contributed by atoms with Crippen LogP contribution in [-0.4, -0.2) is 47.4 Å². The van der Waals surface area contributed by atoms with E-state index in [0.717, 1.165) is 11.1 Å². The van der Waals surface area contributed by atoms with Gasteiger partial charge in [0.1, 0.15) is 11.8 Å². The van der Waals surface area contributed by atoms with Gasteiger partial charge in [0, 0.05) is 29.1 Å². The average molecular weight is 503 g/mol. The van der Waals surface area contributed by atoms with Gasteiger partial charge in [0.05, 0.1) is 19.3 Å². The van der Waals surface area contributed by atoms with E-state index in [1.807, 2.05) is 57.2 Å². The number of carbonyl (C=O) groups excluding carboxylic acids is 1. The Morgan fingerprint density at radius 2 is 1.80 bits per heavy atom. The Labute approximate surface area is 212 Å². The van der Waals surface area contributed by atoms with Crippen LogP contribution in [0.5, 0.6) is 5.75 Å². The third-order valence-electron chi connectivity index (χ3n) is 6.39. The average Bonchev–Trinajstić information content (AvgIpc) is 3.14. The standard InChI is InChI=1S/C27H35ClN2O5/c1-16(2)35-26(33)30-23(17-10-8-7-9-11-17)22(21(27(3,4)5)24(30)25(31)32)29-15-18-12-13-19(28)14-20(18)34-6/h7-14,16,21-24,29H,15H2,1-6H3,(H,31,32)/t21-,22-,23-,24-/m1/s1. The summed E-state index contributed by atoms with van der Waals surface area (Å²) in [4.78, 5) is 27.5. The monoisotopic (exact) mass is 502 g/mol. The van der Waals surface area contributed by atoms with Crippen molar-refractivity contribution in [3.8, 4) is 5.75 Å². The first kappa shape index (κ1) is 26.8. The number of hydrogen-bond acceptors (Lipinski definition) is 5. The van der Waals surface area contributed by atoms with Crippen molar-refractivity contribution in [2.45, 2.75) is 65.4 Å². The topological polar surface area (TPSA) is 88.1 Å². The molecule has 1 fully saturated rings. The summed E-state index contributed by atoms with van der Waals surface area (Å²) in [7, 11) is 1.58. The number of methoxy groups -OCH3 is 1. The Morgan fingerprint density at radius 3 is 2.34 bits per heavy atom. The summed E-state index contributed by atoms with van der Waals surface area (Å²) in [6, 6.07) is 12.9. The molecule has 190 valence electrons. The summed E-state index contributed by atoms with van der Waals surface area (Å²) < 4.78 is 11.1. The van der Waals surface area contributed by atoms with E-state index in [0.29, 0.717) is 17.3 Å². The van der Waals surface area contributed by atoms with Crippen LogP contribution < -0.4 is 10.1 Å². The highest BCUT2D eigenvalue weighted by molar-refractivity contribution is 6.30. The van der Waals surface area contributed by atoms with Crippen LogP contribution in [0.3, 0.4) is 0 Å². The summed E-state index contributed by atoms with van der Waals surface area (Å²) in [5, 5.41) is 14.5. The van der Waals surface area contributed by atoms with Gasteiger partial charge in [-0.25, -0.2) is 9.59 Å². The highest BCUT2D eigenvalue weighted by Crippen LogP contribution is 2.48. The number of amides is 1. The second-order valence-electron chi connectivity index (χ2n) is 10.2. The molecule has 0 aliphatic carbocycles. The normalized spacial score (nSPS) is 22.3. The lowest BCUT2D eigenvalue weighted by Gasteiger charge is -2.35. The van der Waals surface area contributed by atoms with E-state index in [2.05, 4.69) is 5.32 Å². The quantitative estimate of drug-likeness (QED) is 0.518. The van der Waals surface area contributed by atoms with Crippen LogP contribution in [0.25, 0.3) is 0 Å². The molecule has 1 saturated heterocycles.